The largest absolute Gasteiger partial charge is 0.487 e. The Balaban J connectivity index is 2.14. The van der Waals surface area contributed by atoms with Crippen LogP contribution in [0.4, 0.5) is 5.69 Å². The molecule has 0 aromatic heterocycles. The molecule has 0 unspecified atom stereocenters. The summed E-state index contributed by atoms with van der Waals surface area (Å²) in [7, 11) is 0. The van der Waals surface area contributed by atoms with E-state index in [4.69, 9.17) is 45.3 Å². The fourth-order valence-corrected chi connectivity index (χ4v) is 2.30. The fourth-order valence-electron chi connectivity index (χ4n) is 1.46. The maximum atomic E-state index is 6.02. The van der Waals surface area contributed by atoms with Crippen molar-refractivity contribution in [1.82, 2.24) is 0 Å². The van der Waals surface area contributed by atoms with Gasteiger partial charge in [-0.15, -0.1) is 0 Å². The van der Waals surface area contributed by atoms with Crippen molar-refractivity contribution in [3.8, 4) is 5.75 Å². The number of rotatable bonds is 3. The smallest absolute Gasteiger partial charge is 0.139 e. The molecule has 0 atom stereocenters. The van der Waals surface area contributed by atoms with Gasteiger partial charge < -0.3 is 10.5 Å². The lowest BCUT2D eigenvalue weighted by atomic mass is 10.2. The highest BCUT2D eigenvalue weighted by Gasteiger charge is 2.07. The molecule has 0 spiro atoms. The molecule has 0 bridgehead atoms. The zero-order chi connectivity index (χ0) is 14.0. The van der Waals surface area contributed by atoms with Crippen LogP contribution in [-0.4, -0.2) is 0 Å². The van der Waals surface area contributed by atoms with E-state index in [9.17, 15) is 0 Å². The van der Waals surface area contributed by atoms with Crippen molar-refractivity contribution < 1.29 is 4.74 Å². The van der Waals surface area contributed by atoms with Gasteiger partial charge >= 0.3 is 0 Å². The molecule has 2 nitrogen and oxygen atoms in total. The predicted molar refractivity (Wildman–Crippen MR) is 84.4 cm³/mol. The van der Waals surface area contributed by atoms with Crippen LogP contribution in [0.2, 0.25) is 15.1 Å². The monoisotopic (exact) mass is 379 g/mol. The van der Waals surface area contributed by atoms with Gasteiger partial charge in [-0.3, -0.25) is 0 Å². The number of benzene rings is 2. The van der Waals surface area contributed by atoms with E-state index in [-0.39, 0.29) is 0 Å². The molecule has 0 aliphatic rings. The molecule has 2 aromatic carbocycles. The Morgan fingerprint density at radius 1 is 1.00 bits per heavy atom. The molecule has 0 heterocycles. The van der Waals surface area contributed by atoms with Gasteiger partial charge in [-0.2, -0.15) is 0 Å². The van der Waals surface area contributed by atoms with Gasteiger partial charge in [0, 0.05) is 16.2 Å². The number of anilines is 1. The van der Waals surface area contributed by atoms with Gasteiger partial charge in [0.2, 0.25) is 0 Å². The van der Waals surface area contributed by atoms with E-state index in [2.05, 4.69) is 15.9 Å². The zero-order valence-electron chi connectivity index (χ0n) is 9.59. The highest BCUT2D eigenvalue weighted by molar-refractivity contribution is 9.10. The molecule has 19 heavy (non-hydrogen) atoms. The number of hydrogen-bond donors (Lipinski definition) is 1. The maximum Gasteiger partial charge on any atom is 0.139 e. The van der Waals surface area contributed by atoms with Crippen molar-refractivity contribution in [2.24, 2.45) is 0 Å². The minimum Gasteiger partial charge on any atom is -0.487 e. The molecule has 2 rings (SSSR count). The standard InChI is InChI=1S/C13H9BrCl3NO/c14-8-2-1-7(3-12(8)18)6-19-13-5-10(16)9(15)4-11(13)17/h1-5H,6,18H2. The van der Waals surface area contributed by atoms with E-state index in [0.29, 0.717) is 33.1 Å². The average molecular weight is 381 g/mol. The van der Waals surface area contributed by atoms with E-state index in [1.807, 2.05) is 18.2 Å². The summed E-state index contributed by atoms with van der Waals surface area (Å²) in [6.45, 7) is 0.342. The molecule has 0 amide bonds. The summed E-state index contributed by atoms with van der Waals surface area (Å²) in [5.41, 5.74) is 7.38. The van der Waals surface area contributed by atoms with Crippen LogP contribution < -0.4 is 10.5 Å². The number of halogens is 4. The molecule has 6 heteroatoms. The molecule has 0 aliphatic carbocycles. The summed E-state index contributed by atoms with van der Waals surface area (Å²) < 4.78 is 6.46. The molecular weight excluding hydrogens is 372 g/mol. The van der Waals surface area contributed by atoms with Crippen LogP contribution in [0, 0.1) is 0 Å². The maximum absolute atomic E-state index is 6.02. The lowest BCUT2D eigenvalue weighted by molar-refractivity contribution is 0.306. The Hall–Kier alpha value is -0.610. The molecular formula is C13H9BrCl3NO. The summed E-state index contributed by atoms with van der Waals surface area (Å²) in [4.78, 5) is 0. The number of nitrogens with two attached hydrogens (primary N) is 1. The van der Waals surface area contributed by atoms with Crippen molar-refractivity contribution in [2.45, 2.75) is 6.61 Å². The first-order valence-electron chi connectivity index (χ1n) is 5.28. The van der Waals surface area contributed by atoms with Crippen LogP contribution in [0.15, 0.2) is 34.8 Å². The van der Waals surface area contributed by atoms with Crippen molar-refractivity contribution in [3.05, 3.63) is 55.4 Å². The number of hydrogen-bond acceptors (Lipinski definition) is 2. The number of nitrogen functional groups attached to an aromatic ring is 1. The van der Waals surface area contributed by atoms with Crippen LogP contribution >= 0.6 is 50.7 Å². The van der Waals surface area contributed by atoms with Gasteiger partial charge in [-0.1, -0.05) is 40.9 Å². The minimum absolute atomic E-state index is 0.342. The highest BCUT2D eigenvalue weighted by Crippen LogP contribution is 2.34. The van der Waals surface area contributed by atoms with Gasteiger partial charge in [0.1, 0.15) is 12.4 Å². The summed E-state index contributed by atoms with van der Waals surface area (Å²) in [6.07, 6.45) is 0. The van der Waals surface area contributed by atoms with E-state index in [0.717, 1.165) is 10.0 Å². The minimum atomic E-state index is 0.342. The first kappa shape index (κ1) is 14.8. The van der Waals surface area contributed by atoms with Crippen LogP contribution in [0.25, 0.3) is 0 Å². The lowest BCUT2D eigenvalue weighted by Crippen LogP contribution is -1.98. The topological polar surface area (TPSA) is 35.2 Å². The third-order valence-corrected chi connectivity index (χ3v) is 4.17. The third-order valence-electron chi connectivity index (χ3n) is 2.43. The van der Waals surface area contributed by atoms with Crippen molar-refractivity contribution in [2.75, 3.05) is 5.73 Å². The fraction of sp³-hybridized carbons (Fsp3) is 0.0769. The van der Waals surface area contributed by atoms with Crippen molar-refractivity contribution >= 4 is 56.4 Å². The second-order valence-corrected chi connectivity index (χ2v) is 5.92. The van der Waals surface area contributed by atoms with E-state index in [1.165, 1.54) is 0 Å². The van der Waals surface area contributed by atoms with Gasteiger partial charge in [-0.05, 0) is 39.7 Å². The SMILES string of the molecule is Nc1cc(COc2cc(Cl)c(Cl)cc2Cl)ccc1Br. The molecule has 100 valence electrons. The predicted octanol–water partition coefficient (Wildman–Crippen LogP) is 5.57. The molecule has 2 aromatic rings. The normalized spacial score (nSPS) is 10.5. The van der Waals surface area contributed by atoms with Gasteiger partial charge in [0.05, 0.1) is 15.1 Å². The lowest BCUT2D eigenvalue weighted by Gasteiger charge is -2.10. The Kier molecular flexibility index (Phi) is 4.85. The highest BCUT2D eigenvalue weighted by atomic mass is 79.9. The van der Waals surface area contributed by atoms with E-state index < -0.39 is 0 Å². The van der Waals surface area contributed by atoms with Crippen molar-refractivity contribution in [1.29, 1.82) is 0 Å². The Morgan fingerprint density at radius 3 is 2.37 bits per heavy atom. The van der Waals surface area contributed by atoms with Crippen LogP contribution in [0.1, 0.15) is 5.56 Å². The summed E-state index contributed by atoms with van der Waals surface area (Å²) in [6, 6.07) is 8.75. The van der Waals surface area contributed by atoms with Crippen LogP contribution in [0.5, 0.6) is 5.75 Å². The quantitative estimate of drug-likeness (QED) is 0.557. The summed E-state index contributed by atoms with van der Waals surface area (Å²) in [5.74, 6) is 0.484. The second-order valence-electron chi connectivity index (χ2n) is 3.84. The molecule has 0 fully saturated rings. The molecule has 0 aliphatic heterocycles. The zero-order valence-corrected chi connectivity index (χ0v) is 13.4. The summed E-state index contributed by atoms with van der Waals surface area (Å²) in [5, 5.41) is 1.21. The third kappa shape index (κ3) is 3.69. The molecule has 2 N–H and O–H groups in total. The van der Waals surface area contributed by atoms with Gasteiger partial charge in [0.15, 0.2) is 0 Å². The average Bonchev–Trinajstić information content (AvgIpc) is 2.36. The second kappa shape index (κ2) is 6.23. The van der Waals surface area contributed by atoms with Crippen LogP contribution in [0.3, 0.4) is 0 Å². The molecule has 0 radical (unpaired) electrons. The Morgan fingerprint density at radius 2 is 1.68 bits per heavy atom. The molecule has 0 saturated carbocycles. The number of ether oxygens (including phenoxy) is 1. The van der Waals surface area contributed by atoms with Crippen LogP contribution in [-0.2, 0) is 6.61 Å². The summed E-state index contributed by atoms with van der Waals surface area (Å²) >= 11 is 21.1. The van der Waals surface area contributed by atoms with E-state index in [1.54, 1.807) is 12.1 Å². The van der Waals surface area contributed by atoms with Crippen molar-refractivity contribution in [3.63, 3.8) is 0 Å². The Bertz CT molecular complexity index is 619. The van der Waals surface area contributed by atoms with E-state index >= 15 is 0 Å². The first-order valence-corrected chi connectivity index (χ1v) is 7.21. The van der Waals surface area contributed by atoms with Gasteiger partial charge in [0.25, 0.3) is 0 Å². The first-order chi connectivity index (χ1) is 8.97. The Labute approximate surface area is 134 Å². The molecule has 0 saturated heterocycles. The van der Waals surface area contributed by atoms with Gasteiger partial charge in [-0.25, -0.2) is 0 Å².